The van der Waals surface area contributed by atoms with Crippen molar-refractivity contribution in [1.82, 2.24) is 9.78 Å². The highest BCUT2D eigenvalue weighted by molar-refractivity contribution is 5.94. The number of benzene rings is 1. The number of nitrogens with one attached hydrogen (secondary N) is 2. The highest BCUT2D eigenvalue weighted by Crippen LogP contribution is 2.36. The monoisotopic (exact) mass is 287 g/mol. The van der Waals surface area contributed by atoms with Crippen molar-refractivity contribution in [3.63, 3.8) is 0 Å². The first-order chi connectivity index (χ1) is 9.97. The highest BCUT2D eigenvalue weighted by Gasteiger charge is 2.33. The quantitative estimate of drug-likeness (QED) is 0.788. The first-order valence-corrected chi connectivity index (χ1v) is 6.90. The molecule has 1 aromatic heterocycles. The molecule has 110 valence electrons. The second-order valence-corrected chi connectivity index (χ2v) is 5.57. The van der Waals surface area contributed by atoms with Gasteiger partial charge in [0.05, 0.1) is 5.56 Å². The Hall–Kier alpha value is -2.50. The van der Waals surface area contributed by atoms with Gasteiger partial charge in [-0.1, -0.05) is 12.1 Å². The molecule has 1 aliphatic heterocycles. The Morgan fingerprint density at radius 1 is 1.33 bits per heavy atom. The number of phenols is 1. The fraction of sp³-hybridized carbons (Fsp3) is 0.333. The lowest BCUT2D eigenvalue weighted by Crippen LogP contribution is -2.27. The van der Waals surface area contributed by atoms with E-state index in [1.807, 2.05) is 19.9 Å². The van der Waals surface area contributed by atoms with Crippen LogP contribution < -0.4 is 10.9 Å². The van der Waals surface area contributed by atoms with Crippen molar-refractivity contribution >= 4 is 11.7 Å². The Labute approximate surface area is 121 Å². The van der Waals surface area contributed by atoms with Crippen LogP contribution in [-0.4, -0.2) is 20.8 Å². The van der Waals surface area contributed by atoms with Crippen LogP contribution in [-0.2, 0) is 4.79 Å². The molecule has 2 aromatic rings. The van der Waals surface area contributed by atoms with E-state index in [-0.39, 0.29) is 35.6 Å². The largest absolute Gasteiger partial charge is 0.508 e. The van der Waals surface area contributed by atoms with Crippen molar-refractivity contribution in [2.24, 2.45) is 0 Å². The maximum Gasteiger partial charge on any atom is 0.270 e. The predicted molar refractivity (Wildman–Crippen MR) is 78.6 cm³/mol. The second kappa shape index (κ2) is 4.80. The first kappa shape index (κ1) is 13.5. The fourth-order valence-electron chi connectivity index (χ4n) is 2.80. The molecule has 3 N–H and O–H groups in total. The van der Waals surface area contributed by atoms with Gasteiger partial charge in [0.1, 0.15) is 11.6 Å². The van der Waals surface area contributed by atoms with Crippen LogP contribution in [0, 0.1) is 0 Å². The molecule has 0 bridgehead atoms. The van der Waals surface area contributed by atoms with Crippen molar-refractivity contribution in [2.75, 3.05) is 5.32 Å². The first-order valence-electron chi connectivity index (χ1n) is 6.90. The Kier molecular flexibility index (Phi) is 3.08. The van der Waals surface area contributed by atoms with Gasteiger partial charge >= 0.3 is 0 Å². The normalized spacial score (nSPS) is 17.7. The summed E-state index contributed by atoms with van der Waals surface area (Å²) < 4.78 is 1.67. The number of hydrogen-bond acceptors (Lipinski definition) is 3. The average Bonchev–Trinajstić information content (AvgIpc) is 2.75. The molecule has 1 aliphatic rings. The van der Waals surface area contributed by atoms with Gasteiger partial charge in [0.25, 0.3) is 5.56 Å². The number of phenolic OH excluding ortho intramolecular Hbond substituents is 1. The van der Waals surface area contributed by atoms with E-state index >= 15 is 0 Å². The number of H-pyrrole nitrogens is 1. The number of hydrogen-bond donors (Lipinski definition) is 3. The topological polar surface area (TPSA) is 87.1 Å². The van der Waals surface area contributed by atoms with E-state index in [9.17, 15) is 14.7 Å². The van der Waals surface area contributed by atoms with Crippen LogP contribution in [0.3, 0.4) is 0 Å². The number of aromatic nitrogens is 2. The molecule has 21 heavy (non-hydrogen) atoms. The number of aromatic amines is 1. The van der Waals surface area contributed by atoms with Gasteiger partial charge in [0, 0.05) is 18.4 Å². The molecule has 1 aromatic carbocycles. The summed E-state index contributed by atoms with van der Waals surface area (Å²) in [6.07, 6.45) is 0.196. The van der Waals surface area contributed by atoms with Crippen LogP contribution in [0.25, 0.3) is 0 Å². The average molecular weight is 287 g/mol. The minimum atomic E-state index is -0.343. The molecule has 6 heteroatoms. The zero-order chi connectivity index (χ0) is 15.1. The summed E-state index contributed by atoms with van der Waals surface area (Å²) in [5, 5.41) is 15.2. The molecule has 0 fully saturated rings. The number of carbonyl (C=O) groups is 1. The summed E-state index contributed by atoms with van der Waals surface area (Å²) >= 11 is 0. The standard InChI is InChI=1S/C15H17N3O3/c1-8(2)18-14-13(15(21)17-18)11(7-12(20)16-14)9-4-3-5-10(19)6-9/h3-6,8,11,19H,7H2,1-2H3,(H,16,20)(H,17,21)/t11-/m0/s1. The third-order valence-electron chi connectivity index (χ3n) is 3.75. The number of nitrogens with zero attached hydrogens (tertiary/aromatic N) is 1. The minimum absolute atomic E-state index is 0.0321. The van der Waals surface area contributed by atoms with Crippen LogP contribution in [0.5, 0.6) is 5.75 Å². The van der Waals surface area contributed by atoms with E-state index in [4.69, 9.17) is 0 Å². The zero-order valence-corrected chi connectivity index (χ0v) is 11.9. The van der Waals surface area contributed by atoms with E-state index in [2.05, 4.69) is 10.4 Å². The number of carbonyl (C=O) groups excluding carboxylic acids is 1. The van der Waals surface area contributed by atoms with Gasteiger partial charge in [-0.2, -0.15) is 0 Å². The van der Waals surface area contributed by atoms with Crippen LogP contribution in [0.1, 0.15) is 43.4 Å². The van der Waals surface area contributed by atoms with Crippen LogP contribution >= 0.6 is 0 Å². The van der Waals surface area contributed by atoms with Crippen molar-refractivity contribution in [1.29, 1.82) is 0 Å². The molecule has 2 heterocycles. The SMILES string of the molecule is CC(C)n1[nH]c(=O)c2c1NC(=O)C[C@H]2c1cccc(O)c1. The van der Waals surface area contributed by atoms with Crippen molar-refractivity contribution in [2.45, 2.75) is 32.2 Å². The minimum Gasteiger partial charge on any atom is -0.508 e. The van der Waals surface area contributed by atoms with E-state index in [1.165, 1.54) is 0 Å². The molecule has 0 saturated carbocycles. The molecular formula is C15H17N3O3. The summed E-state index contributed by atoms with van der Waals surface area (Å²) in [6.45, 7) is 3.86. The summed E-state index contributed by atoms with van der Waals surface area (Å²) in [7, 11) is 0. The lowest BCUT2D eigenvalue weighted by atomic mass is 9.87. The number of aromatic hydroxyl groups is 1. The Morgan fingerprint density at radius 2 is 2.10 bits per heavy atom. The third-order valence-corrected chi connectivity index (χ3v) is 3.75. The molecule has 0 aliphatic carbocycles. The molecule has 1 amide bonds. The highest BCUT2D eigenvalue weighted by atomic mass is 16.3. The summed E-state index contributed by atoms with van der Waals surface area (Å²) in [5.41, 5.74) is 1.11. The van der Waals surface area contributed by atoms with E-state index in [0.717, 1.165) is 5.56 Å². The van der Waals surface area contributed by atoms with Gasteiger partial charge in [-0.15, -0.1) is 0 Å². The van der Waals surface area contributed by atoms with Gasteiger partial charge < -0.3 is 10.4 Å². The maximum absolute atomic E-state index is 12.3. The summed E-state index contributed by atoms with van der Waals surface area (Å²) in [6, 6.07) is 6.73. The predicted octanol–water partition coefficient (Wildman–Crippen LogP) is 1.94. The van der Waals surface area contributed by atoms with E-state index in [1.54, 1.807) is 22.9 Å². The van der Waals surface area contributed by atoms with E-state index < -0.39 is 0 Å². The zero-order valence-electron chi connectivity index (χ0n) is 11.9. The third kappa shape index (κ3) is 2.22. The molecule has 6 nitrogen and oxygen atoms in total. The smallest absolute Gasteiger partial charge is 0.270 e. The molecule has 0 radical (unpaired) electrons. The van der Waals surface area contributed by atoms with Gasteiger partial charge in [-0.3, -0.25) is 19.4 Å². The van der Waals surface area contributed by atoms with Gasteiger partial charge in [0.15, 0.2) is 0 Å². The van der Waals surface area contributed by atoms with Crippen molar-refractivity contribution in [3.8, 4) is 5.75 Å². The molecular weight excluding hydrogens is 270 g/mol. The molecule has 0 spiro atoms. The van der Waals surface area contributed by atoms with Crippen LogP contribution in [0.15, 0.2) is 29.1 Å². The molecule has 3 rings (SSSR count). The van der Waals surface area contributed by atoms with Crippen molar-refractivity contribution in [3.05, 3.63) is 45.7 Å². The van der Waals surface area contributed by atoms with E-state index in [0.29, 0.717) is 11.4 Å². The number of fused-ring (bicyclic) bond motifs is 1. The van der Waals surface area contributed by atoms with Gasteiger partial charge in [-0.25, -0.2) is 0 Å². The maximum atomic E-state index is 12.3. The lowest BCUT2D eigenvalue weighted by Gasteiger charge is -2.24. The Bertz CT molecular complexity index is 758. The number of amides is 1. The Morgan fingerprint density at radius 3 is 2.76 bits per heavy atom. The number of anilines is 1. The fourth-order valence-corrected chi connectivity index (χ4v) is 2.80. The summed E-state index contributed by atoms with van der Waals surface area (Å²) in [4.78, 5) is 24.2. The molecule has 0 saturated heterocycles. The second-order valence-electron chi connectivity index (χ2n) is 5.57. The Balaban J connectivity index is 2.18. The number of rotatable bonds is 2. The van der Waals surface area contributed by atoms with Crippen LogP contribution in [0.4, 0.5) is 5.82 Å². The van der Waals surface area contributed by atoms with Gasteiger partial charge in [0.2, 0.25) is 5.91 Å². The lowest BCUT2D eigenvalue weighted by molar-refractivity contribution is -0.116. The molecule has 0 unspecified atom stereocenters. The summed E-state index contributed by atoms with van der Waals surface area (Å²) in [5.74, 6) is 0.174. The van der Waals surface area contributed by atoms with Crippen LogP contribution in [0.2, 0.25) is 0 Å². The van der Waals surface area contributed by atoms with Crippen molar-refractivity contribution < 1.29 is 9.90 Å². The molecule has 1 atom stereocenters. The van der Waals surface area contributed by atoms with Gasteiger partial charge in [-0.05, 0) is 31.5 Å².